The molecule has 1 heterocycles. The average Bonchev–Trinajstić information content (AvgIpc) is 3.07. The van der Waals surface area contributed by atoms with Crippen molar-refractivity contribution in [3.05, 3.63) is 53.8 Å². The van der Waals surface area contributed by atoms with Crippen molar-refractivity contribution in [2.75, 3.05) is 19.7 Å². The van der Waals surface area contributed by atoms with Gasteiger partial charge in [-0.2, -0.15) is 0 Å². The summed E-state index contributed by atoms with van der Waals surface area (Å²) in [7, 11) is 0. The SMILES string of the molecule is NCCOc1ccc(F)cc1C(=O)NCCCn1nnc2ccccc21. The monoisotopic (exact) mass is 357 g/mol. The van der Waals surface area contributed by atoms with Gasteiger partial charge in [0.1, 0.15) is 23.7 Å². The Morgan fingerprint density at radius 3 is 2.96 bits per heavy atom. The first-order valence-electron chi connectivity index (χ1n) is 8.38. The van der Waals surface area contributed by atoms with Crippen LogP contribution in [0.1, 0.15) is 16.8 Å². The predicted molar refractivity (Wildman–Crippen MR) is 95.4 cm³/mol. The number of fused-ring (bicyclic) bond motifs is 1. The number of amides is 1. The molecule has 2 aromatic carbocycles. The van der Waals surface area contributed by atoms with Gasteiger partial charge in [0.25, 0.3) is 5.91 Å². The van der Waals surface area contributed by atoms with Gasteiger partial charge in [-0.1, -0.05) is 17.3 Å². The standard InChI is InChI=1S/C18H20FN5O2/c19-13-6-7-17(26-11-8-20)14(12-13)18(25)21-9-3-10-24-16-5-2-1-4-15(16)22-23-24/h1-2,4-7,12H,3,8-11,20H2,(H,21,25). The summed E-state index contributed by atoms with van der Waals surface area (Å²) in [5.74, 6) is -0.569. The maximum absolute atomic E-state index is 13.5. The van der Waals surface area contributed by atoms with Gasteiger partial charge < -0.3 is 15.8 Å². The highest BCUT2D eigenvalue weighted by molar-refractivity contribution is 5.96. The number of aryl methyl sites for hydroxylation is 1. The lowest BCUT2D eigenvalue weighted by Gasteiger charge is -2.11. The zero-order valence-electron chi connectivity index (χ0n) is 14.2. The highest BCUT2D eigenvalue weighted by atomic mass is 19.1. The van der Waals surface area contributed by atoms with Crippen LogP contribution in [-0.4, -0.2) is 40.6 Å². The fraction of sp³-hybridized carbons (Fsp3) is 0.278. The van der Waals surface area contributed by atoms with Crippen LogP contribution in [0.5, 0.6) is 5.75 Å². The minimum atomic E-state index is -0.496. The van der Waals surface area contributed by atoms with E-state index in [4.69, 9.17) is 10.5 Å². The molecule has 3 N–H and O–H groups in total. The lowest BCUT2D eigenvalue weighted by atomic mass is 10.1. The highest BCUT2D eigenvalue weighted by Gasteiger charge is 2.13. The second-order valence-corrected chi connectivity index (χ2v) is 5.69. The Kier molecular flexibility index (Phi) is 5.75. The number of ether oxygens (including phenoxy) is 1. The van der Waals surface area contributed by atoms with Gasteiger partial charge in [0.2, 0.25) is 0 Å². The Bertz CT molecular complexity index is 896. The first-order valence-corrected chi connectivity index (χ1v) is 8.38. The van der Waals surface area contributed by atoms with Crippen molar-refractivity contribution in [2.24, 2.45) is 5.73 Å². The molecule has 1 aromatic heterocycles. The van der Waals surface area contributed by atoms with Crippen molar-refractivity contribution in [3.8, 4) is 5.75 Å². The van der Waals surface area contributed by atoms with Crippen molar-refractivity contribution < 1.29 is 13.9 Å². The van der Waals surface area contributed by atoms with Crippen LogP contribution in [0.25, 0.3) is 11.0 Å². The van der Waals surface area contributed by atoms with Crippen molar-refractivity contribution in [1.29, 1.82) is 0 Å². The van der Waals surface area contributed by atoms with E-state index in [9.17, 15) is 9.18 Å². The van der Waals surface area contributed by atoms with E-state index in [0.29, 0.717) is 31.8 Å². The Hall–Kier alpha value is -3.00. The molecule has 26 heavy (non-hydrogen) atoms. The molecule has 0 saturated heterocycles. The molecule has 0 aliphatic carbocycles. The number of nitrogens with two attached hydrogens (primary N) is 1. The molecule has 0 bridgehead atoms. The van der Waals surface area contributed by atoms with E-state index in [1.54, 1.807) is 4.68 Å². The van der Waals surface area contributed by atoms with Gasteiger partial charge in [-0.3, -0.25) is 4.79 Å². The summed E-state index contributed by atoms with van der Waals surface area (Å²) in [4.78, 5) is 12.3. The van der Waals surface area contributed by atoms with Crippen LogP contribution in [-0.2, 0) is 6.54 Å². The molecule has 0 spiro atoms. The van der Waals surface area contributed by atoms with Crippen LogP contribution < -0.4 is 15.8 Å². The molecule has 0 aliphatic heterocycles. The Labute approximate surface area is 149 Å². The Balaban J connectivity index is 1.56. The molecule has 8 heteroatoms. The number of hydrogen-bond donors (Lipinski definition) is 2. The van der Waals surface area contributed by atoms with Crippen LogP contribution in [0.4, 0.5) is 4.39 Å². The minimum absolute atomic E-state index is 0.157. The number of aromatic nitrogens is 3. The molecular weight excluding hydrogens is 337 g/mol. The molecule has 3 aromatic rings. The van der Waals surface area contributed by atoms with E-state index in [1.807, 2.05) is 24.3 Å². The van der Waals surface area contributed by atoms with Crippen LogP contribution in [0.15, 0.2) is 42.5 Å². The largest absolute Gasteiger partial charge is 0.491 e. The number of carbonyl (C=O) groups excluding carboxylic acids is 1. The van der Waals surface area contributed by atoms with Gasteiger partial charge in [0, 0.05) is 19.6 Å². The summed E-state index contributed by atoms with van der Waals surface area (Å²) in [6.07, 6.45) is 0.660. The van der Waals surface area contributed by atoms with E-state index in [-0.39, 0.29) is 18.1 Å². The van der Waals surface area contributed by atoms with Crippen molar-refractivity contribution in [3.63, 3.8) is 0 Å². The lowest BCUT2D eigenvalue weighted by Crippen LogP contribution is -2.26. The summed E-state index contributed by atoms with van der Waals surface area (Å²) >= 11 is 0. The second kappa shape index (κ2) is 8.39. The van der Waals surface area contributed by atoms with Crippen molar-refractivity contribution >= 4 is 16.9 Å². The van der Waals surface area contributed by atoms with Crippen LogP contribution in [0, 0.1) is 5.82 Å². The van der Waals surface area contributed by atoms with E-state index in [2.05, 4.69) is 15.6 Å². The Morgan fingerprint density at radius 1 is 1.27 bits per heavy atom. The number of hydrogen-bond acceptors (Lipinski definition) is 5. The number of rotatable bonds is 8. The highest BCUT2D eigenvalue weighted by Crippen LogP contribution is 2.19. The maximum atomic E-state index is 13.5. The molecule has 0 saturated carbocycles. The maximum Gasteiger partial charge on any atom is 0.255 e. The van der Waals surface area contributed by atoms with Gasteiger partial charge in [-0.15, -0.1) is 5.10 Å². The number of benzene rings is 2. The topological polar surface area (TPSA) is 95.1 Å². The zero-order chi connectivity index (χ0) is 18.4. The third kappa shape index (κ3) is 4.15. The second-order valence-electron chi connectivity index (χ2n) is 5.69. The quantitative estimate of drug-likeness (QED) is 0.599. The normalized spacial score (nSPS) is 10.8. The van der Waals surface area contributed by atoms with E-state index < -0.39 is 5.82 Å². The average molecular weight is 357 g/mol. The number of para-hydroxylation sites is 1. The van der Waals surface area contributed by atoms with E-state index in [1.165, 1.54) is 12.1 Å². The molecule has 7 nitrogen and oxygen atoms in total. The molecule has 1 amide bonds. The zero-order valence-corrected chi connectivity index (χ0v) is 14.2. The minimum Gasteiger partial charge on any atom is -0.491 e. The van der Waals surface area contributed by atoms with E-state index >= 15 is 0 Å². The molecule has 0 fully saturated rings. The van der Waals surface area contributed by atoms with E-state index in [0.717, 1.165) is 17.1 Å². The van der Waals surface area contributed by atoms with Crippen molar-refractivity contribution in [2.45, 2.75) is 13.0 Å². The van der Waals surface area contributed by atoms with Crippen LogP contribution >= 0.6 is 0 Å². The number of halogens is 1. The molecule has 136 valence electrons. The smallest absolute Gasteiger partial charge is 0.255 e. The molecule has 3 rings (SSSR count). The van der Waals surface area contributed by atoms with Gasteiger partial charge in [-0.25, -0.2) is 9.07 Å². The third-order valence-electron chi connectivity index (χ3n) is 3.81. The van der Waals surface area contributed by atoms with Gasteiger partial charge in [-0.05, 0) is 36.8 Å². The Morgan fingerprint density at radius 2 is 2.12 bits per heavy atom. The predicted octanol–water partition coefficient (Wildman–Crippen LogP) is 1.73. The first kappa shape index (κ1) is 17.8. The van der Waals surface area contributed by atoms with Gasteiger partial charge in [0.05, 0.1) is 11.1 Å². The number of carbonyl (C=O) groups is 1. The van der Waals surface area contributed by atoms with Crippen molar-refractivity contribution in [1.82, 2.24) is 20.3 Å². The number of nitrogens with zero attached hydrogens (tertiary/aromatic N) is 3. The summed E-state index contributed by atoms with van der Waals surface area (Å²) in [5.41, 5.74) is 7.34. The molecule has 0 radical (unpaired) electrons. The van der Waals surface area contributed by atoms with Crippen LogP contribution in [0.3, 0.4) is 0 Å². The molecular formula is C18H20FN5O2. The lowest BCUT2D eigenvalue weighted by molar-refractivity contribution is 0.0948. The fourth-order valence-electron chi connectivity index (χ4n) is 2.58. The van der Waals surface area contributed by atoms with Crippen LogP contribution in [0.2, 0.25) is 0 Å². The molecule has 0 atom stereocenters. The third-order valence-corrected chi connectivity index (χ3v) is 3.81. The summed E-state index contributed by atoms with van der Waals surface area (Å²) < 4.78 is 20.7. The number of nitrogens with one attached hydrogen (secondary N) is 1. The molecule has 0 unspecified atom stereocenters. The van der Waals surface area contributed by atoms with Gasteiger partial charge >= 0.3 is 0 Å². The summed E-state index contributed by atoms with van der Waals surface area (Å²) in [6.45, 7) is 1.59. The van der Waals surface area contributed by atoms with Gasteiger partial charge in [0.15, 0.2) is 0 Å². The fourth-order valence-corrected chi connectivity index (χ4v) is 2.58. The first-order chi connectivity index (χ1) is 12.7. The summed E-state index contributed by atoms with van der Waals surface area (Å²) in [5, 5.41) is 11.0. The molecule has 0 aliphatic rings. The summed E-state index contributed by atoms with van der Waals surface area (Å²) in [6, 6.07) is 11.5.